The zero-order valence-electron chi connectivity index (χ0n) is 15.8. The Labute approximate surface area is 164 Å². The lowest BCUT2D eigenvalue weighted by Gasteiger charge is -2.35. The van der Waals surface area contributed by atoms with Gasteiger partial charge in [0.1, 0.15) is 0 Å². The van der Waals surface area contributed by atoms with Crippen LogP contribution in [0.3, 0.4) is 0 Å². The third-order valence-corrected chi connectivity index (χ3v) is 6.61. The molecule has 27 heavy (non-hydrogen) atoms. The minimum absolute atomic E-state index is 0.0451. The summed E-state index contributed by atoms with van der Waals surface area (Å²) in [4.78, 5) is 25.0. The van der Waals surface area contributed by atoms with Crippen LogP contribution >= 0.6 is 11.3 Å². The van der Waals surface area contributed by atoms with E-state index in [1.165, 1.54) is 16.0 Å². The van der Waals surface area contributed by atoms with Gasteiger partial charge in [0.2, 0.25) is 5.91 Å². The molecule has 4 nitrogen and oxygen atoms in total. The highest BCUT2D eigenvalue weighted by Crippen LogP contribution is 2.42. The van der Waals surface area contributed by atoms with E-state index in [-0.39, 0.29) is 17.7 Å². The van der Waals surface area contributed by atoms with E-state index in [2.05, 4.69) is 35.8 Å². The van der Waals surface area contributed by atoms with Gasteiger partial charge in [-0.05, 0) is 53.3 Å². The molecule has 1 heterocycles. The van der Waals surface area contributed by atoms with Crippen molar-refractivity contribution in [3.05, 3.63) is 46.8 Å². The highest BCUT2D eigenvalue weighted by atomic mass is 32.1. The molecule has 0 unspecified atom stereocenters. The number of amides is 1. The molecule has 0 atom stereocenters. The van der Waals surface area contributed by atoms with Crippen molar-refractivity contribution in [1.82, 2.24) is 5.32 Å². The number of benzene rings is 1. The topological polar surface area (TPSA) is 66.4 Å². The fourth-order valence-corrected chi connectivity index (χ4v) is 5.02. The van der Waals surface area contributed by atoms with Gasteiger partial charge in [0.15, 0.2) is 0 Å². The maximum absolute atomic E-state index is 12.5. The largest absolute Gasteiger partial charge is 0.481 e. The Morgan fingerprint density at radius 1 is 1.07 bits per heavy atom. The fraction of sp³-hybridized carbons (Fsp3) is 0.455. The Hall–Kier alpha value is -2.14. The fourth-order valence-electron chi connectivity index (χ4n) is 4.08. The van der Waals surface area contributed by atoms with Crippen LogP contribution in [0, 0.1) is 12.3 Å². The molecule has 1 saturated carbocycles. The van der Waals surface area contributed by atoms with E-state index in [1.54, 1.807) is 11.3 Å². The summed E-state index contributed by atoms with van der Waals surface area (Å²) >= 11 is 1.73. The molecule has 1 aliphatic carbocycles. The van der Waals surface area contributed by atoms with Gasteiger partial charge in [0.05, 0.1) is 6.42 Å². The van der Waals surface area contributed by atoms with Gasteiger partial charge in [-0.25, -0.2) is 0 Å². The summed E-state index contributed by atoms with van der Waals surface area (Å²) in [6.45, 7) is 2.59. The number of hydrogen-bond acceptors (Lipinski definition) is 3. The van der Waals surface area contributed by atoms with E-state index in [1.807, 2.05) is 12.1 Å². The highest BCUT2D eigenvalue weighted by Gasteiger charge is 2.36. The second kappa shape index (κ2) is 8.70. The van der Waals surface area contributed by atoms with E-state index in [0.717, 1.165) is 37.7 Å². The van der Waals surface area contributed by atoms with E-state index in [4.69, 9.17) is 0 Å². The number of hydrogen-bond donors (Lipinski definition) is 2. The van der Waals surface area contributed by atoms with Gasteiger partial charge in [-0.1, -0.05) is 43.5 Å². The first-order valence-corrected chi connectivity index (χ1v) is 10.5. The number of carboxylic acids is 1. The van der Waals surface area contributed by atoms with Crippen LogP contribution in [0.5, 0.6) is 0 Å². The zero-order valence-corrected chi connectivity index (χ0v) is 16.6. The molecule has 0 bridgehead atoms. The minimum Gasteiger partial charge on any atom is -0.481 e. The van der Waals surface area contributed by atoms with Gasteiger partial charge in [-0.2, -0.15) is 0 Å². The molecule has 1 fully saturated rings. The lowest BCUT2D eigenvalue weighted by atomic mass is 9.69. The Morgan fingerprint density at radius 3 is 2.37 bits per heavy atom. The van der Waals surface area contributed by atoms with Crippen LogP contribution < -0.4 is 5.32 Å². The third-order valence-electron chi connectivity index (χ3n) is 5.54. The number of carbonyl (C=O) groups excluding carboxylic acids is 1. The molecule has 1 aromatic carbocycles. The molecule has 0 radical (unpaired) electrons. The molecule has 1 aromatic heterocycles. The number of aliphatic carboxylic acids is 1. The van der Waals surface area contributed by atoms with Gasteiger partial charge in [0, 0.05) is 17.8 Å². The van der Waals surface area contributed by atoms with Crippen molar-refractivity contribution < 1.29 is 14.7 Å². The Bertz CT molecular complexity index is 788. The second-order valence-electron chi connectivity index (χ2n) is 7.71. The summed E-state index contributed by atoms with van der Waals surface area (Å²) in [7, 11) is 0. The Morgan fingerprint density at radius 2 is 1.78 bits per heavy atom. The molecule has 1 aliphatic rings. The van der Waals surface area contributed by atoms with Gasteiger partial charge < -0.3 is 10.4 Å². The molecular weight excluding hydrogens is 358 g/mol. The molecule has 0 aliphatic heterocycles. The quantitative estimate of drug-likeness (QED) is 0.692. The van der Waals surface area contributed by atoms with E-state index in [0.29, 0.717) is 13.0 Å². The van der Waals surface area contributed by atoms with Gasteiger partial charge in [0.25, 0.3) is 0 Å². The average Bonchev–Trinajstić information content (AvgIpc) is 3.06. The molecule has 3 rings (SSSR count). The summed E-state index contributed by atoms with van der Waals surface area (Å²) in [5.74, 6) is -0.847. The maximum Gasteiger partial charge on any atom is 0.303 e. The van der Waals surface area contributed by atoms with Crippen LogP contribution in [0.1, 0.15) is 56.1 Å². The van der Waals surface area contributed by atoms with Crippen LogP contribution in [0.2, 0.25) is 0 Å². The summed E-state index contributed by atoms with van der Waals surface area (Å²) in [5.41, 5.74) is 3.16. The zero-order chi connectivity index (χ0) is 19.3. The van der Waals surface area contributed by atoms with E-state index in [9.17, 15) is 14.7 Å². The minimum atomic E-state index is -0.802. The smallest absolute Gasteiger partial charge is 0.303 e. The summed E-state index contributed by atoms with van der Waals surface area (Å²) < 4.78 is 0. The molecule has 5 heteroatoms. The molecule has 2 N–H and O–H groups in total. The SMILES string of the molecule is Cc1ccsc1-c1ccc(CNC(=O)CC2(CC(=O)O)CCCCC2)cc1. The predicted octanol–water partition coefficient (Wildman–Crippen LogP) is 5.16. The van der Waals surface area contributed by atoms with Crippen LogP contribution in [0.25, 0.3) is 10.4 Å². The lowest BCUT2D eigenvalue weighted by molar-refractivity contribution is -0.141. The number of aryl methyl sites for hydroxylation is 1. The van der Waals surface area contributed by atoms with Crippen molar-refractivity contribution >= 4 is 23.2 Å². The normalized spacial score (nSPS) is 16.0. The Balaban J connectivity index is 1.56. The summed E-state index contributed by atoms with van der Waals surface area (Å²) in [6.07, 6.45) is 5.25. The standard InChI is InChI=1S/C22H27NO3S/c1-16-9-12-27-21(16)18-7-5-17(6-8-18)15-23-19(24)13-22(14-20(25)26)10-3-2-4-11-22/h5-9,12H,2-4,10-11,13-15H2,1H3,(H,23,24)(H,25,26). The summed E-state index contributed by atoms with van der Waals surface area (Å²) in [5, 5.41) is 14.3. The molecule has 0 spiro atoms. The number of thiophene rings is 1. The van der Waals surface area contributed by atoms with Crippen LogP contribution in [0.15, 0.2) is 35.7 Å². The van der Waals surface area contributed by atoms with Gasteiger partial charge >= 0.3 is 5.97 Å². The maximum atomic E-state index is 12.5. The van der Waals surface area contributed by atoms with Crippen molar-refractivity contribution in [1.29, 1.82) is 0 Å². The van der Waals surface area contributed by atoms with Crippen LogP contribution in [-0.4, -0.2) is 17.0 Å². The average molecular weight is 386 g/mol. The van der Waals surface area contributed by atoms with Crippen molar-refractivity contribution in [2.75, 3.05) is 0 Å². The van der Waals surface area contributed by atoms with Gasteiger partial charge in [-0.3, -0.25) is 9.59 Å². The summed E-state index contributed by atoms with van der Waals surface area (Å²) in [6, 6.07) is 10.4. The number of carbonyl (C=O) groups is 2. The monoisotopic (exact) mass is 385 g/mol. The number of rotatable bonds is 7. The predicted molar refractivity (Wildman–Crippen MR) is 109 cm³/mol. The van der Waals surface area contributed by atoms with Crippen molar-refractivity contribution in [3.63, 3.8) is 0 Å². The van der Waals surface area contributed by atoms with Gasteiger partial charge in [-0.15, -0.1) is 11.3 Å². The molecule has 2 aromatic rings. The number of nitrogens with one attached hydrogen (secondary N) is 1. The van der Waals surface area contributed by atoms with Crippen molar-refractivity contribution in [2.45, 2.75) is 58.4 Å². The van der Waals surface area contributed by atoms with Crippen LogP contribution in [-0.2, 0) is 16.1 Å². The molecule has 144 valence electrons. The highest BCUT2D eigenvalue weighted by molar-refractivity contribution is 7.13. The van der Waals surface area contributed by atoms with Crippen molar-refractivity contribution in [3.8, 4) is 10.4 Å². The second-order valence-corrected chi connectivity index (χ2v) is 8.63. The lowest BCUT2D eigenvalue weighted by Crippen LogP contribution is -2.35. The van der Waals surface area contributed by atoms with E-state index >= 15 is 0 Å². The van der Waals surface area contributed by atoms with Crippen molar-refractivity contribution in [2.24, 2.45) is 5.41 Å². The number of carboxylic acid groups (broad SMARTS) is 1. The Kier molecular flexibility index (Phi) is 6.32. The van der Waals surface area contributed by atoms with E-state index < -0.39 is 5.97 Å². The first-order valence-electron chi connectivity index (χ1n) is 9.59. The van der Waals surface area contributed by atoms with Crippen LogP contribution in [0.4, 0.5) is 0 Å². The first-order chi connectivity index (χ1) is 13.0. The molecule has 1 amide bonds. The third kappa shape index (κ3) is 5.19. The molecule has 0 saturated heterocycles. The first kappa shape index (κ1) is 19.6. The molecular formula is C22H27NO3S.